The van der Waals surface area contributed by atoms with E-state index in [2.05, 4.69) is 28.1 Å². The van der Waals surface area contributed by atoms with Crippen molar-refractivity contribution in [2.45, 2.75) is 71.9 Å². The summed E-state index contributed by atoms with van der Waals surface area (Å²) in [5, 5.41) is 0.861. The Labute approximate surface area is 248 Å². The minimum atomic E-state index is -1.38. The van der Waals surface area contributed by atoms with Crippen molar-refractivity contribution < 1.29 is 27.6 Å². The Morgan fingerprint density at radius 2 is 1.88 bits per heavy atom. The second kappa shape index (κ2) is 13.2. The average molecular weight is 598 g/mol. The first-order chi connectivity index (χ1) is 19.9. The molecule has 10 heteroatoms. The Bertz CT molecular complexity index is 1570. The van der Waals surface area contributed by atoms with E-state index in [1.54, 1.807) is 19.2 Å². The van der Waals surface area contributed by atoms with Crippen molar-refractivity contribution in [3.05, 3.63) is 83.3 Å². The lowest BCUT2D eigenvalue weighted by atomic mass is 9.98. The number of hydrogen-bond donors (Lipinski definition) is 1. The van der Waals surface area contributed by atoms with E-state index >= 15 is 4.39 Å². The number of nitrogens with one attached hydrogen (secondary N) is 1. The van der Waals surface area contributed by atoms with Crippen molar-refractivity contribution in [2.24, 2.45) is 0 Å². The van der Waals surface area contributed by atoms with Gasteiger partial charge in [-0.25, -0.2) is 8.78 Å². The van der Waals surface area contributed by atoms with Crippen molar-refractivity contribution in [3.63, 3.8) is 0 Å². The Morgan fingerprint density at radius 3 is 2.57 bits per heavy atom. The SMILES string of the molecule is CCOC(=O)Cc1cc(F)ccc1OCc1cc(-c2ccnc(CN[S+]([O-])C(C)(C)C)c2F)c2ccn(C(C)C)c2c1. The number of nitrogens with zero attached hydrogens (tertiary/aromatic N) is 2. The van der Waals surface area contributed by atoms with E-state index in [9.17, 15) is 13.7 Å². The lowest BCUT2D eigenvalue weighted by Gasteiger charge is -2.23. The third kappa shape index (κ3) is 7.29. The summed E-state index contributed by atoms with van der Waals surface area (Å²) in [7, 11) is 0. The van der Waals surface area contributed by atoms with Crippen LogP contribution in [0.4, 0.5) is 8.78 Å². The minimum absolute atomic E-state index is 0.0102. The predicted octanol–water partition coefficient (Wildman–Crippen LogP) is 6.80. The van der Waals surface area contributed by atoms with Gasteiger partial charge in [-0.1, -0.05) is 0 Å². The second-order valence-corrected chi connectivity index (χ2v) is 13.3. The lowest BCUT2D eigenvalue weighted by molar-refractivity contribution is -0.142. The van der Waals surface area contributed by atoms with Crippen LogP contribution < -0.4 is 9.46 Å². The van der Waals surface area contributed by atoms with Gasteiger partial charge in [0.05, 0.1) is 25.3 Å². The molecule has 4 rings (SSSR count). The highest BCUT2D eigenvalue weighted by atomic mass is 32.2. The molecule has 0 radical (unpaired) electrons. The Morgan fingerprint density at radius 1 is 1.12 bits per heavy atom. The molecule has 1 unspecified atom stereocenters. The first-order valence-corrected chi connectivity index (χ1v) is 15.0. The zero-order valence-electron chi connectivity index (χ0n) is 24.8. The van der Waals surface area contributed by atoms with Crippen LogP contribution in [-0.2, 0) is 40.5 Å². The molecule has 0 bridgehead atoms. The summed E-state index contributed by atoms with van der Waals surface area (Å²) in [5.74, 6) is -1.09. The molecule has 224 valence electrons. The molecule has 0 aliphatic heterocycles. The van der Waals surface area contributed by atoms with Gasteiger partial charge in [-0.05, 0) is 95.1 Å². The summed E-state index contributed by atoms with van der Waals surface area (Å²) in [4.78, 5) is 16.3. The van der Waals surface area contributed by atoms with Crippen molar-refractivity contribution in [2.75, 3.05) is 6.61 Å². The monoisotopic (exact) mass is 597 g/mol. The van der Waals surface area contributed by atoms with E-state index in [4.69, 9.17) is 9.47 Å². The number of esters is 1. The molecule has 42 heavy (non-hydrogen) atoms. The van der Waals surface area contributed by atoms with Gasteiger partial charge in [0.1, 0.15) is 22.9 Å². The zero-order valence-corrected chi connectivity index (χ0v) is 25.6. The number of fused-ring (bicyclic) bond motifs is 1. The molecule has 2 heterocycles. The van der Waals surface area contributed by atoms with Gasteiger partial charge >= 0.3 is 5.97 Å². The van der Waals surface area contributed by atoms with Crippen LogP contribution in [0.2, 0.25) is 0 Å². The fraction of sp³-hybridized carbons (Fsp3) is 0.375. The Hall–Kier alpha value is -3.47. The van der Waals surface area contributed by atoms with Gasteiger partial charge in [-0.3, -0.25) is 9.78 Å². The van der Waals surface area contributed by atoms with Crippen molar-refractivity contribution in [1.82, 2.24) is 14.3 Å². The van der Waals surface area contributed by atoms with Gasteiger partial charge in [0.25, 0.3) is 0 Å². The molecule has 0 saturated carbocycles. The highest BCUT2D eigenvalue weighted by Crippen LogP contribution is 2.35. The minimum Gasteiger partial charge on any atom is -0.598 e. The van der Waals surface area contributed by atoms with Crippen LogP contribution >= 0.6 is 0 Å². The van der Waals surface area contributed by atoms with E-state index in [0.29, 0.717) is 22.4 Å². The van der Waals surface area contributed by atoms with Crippen LogP contribution in [0.5, 0.6) is 5.75 Å². The number of pyridine rings is 1. The van der Waals surface area contributed by atoms with Crippen molar-refractivity contribution in [3.8, 4) is 16.9 Å². The summed E-state index contributed by atoms with van der Waals surface area (Å²) in [5.41, 5.74) is 3.23. The van der Waals surface area contributed by atoms with E-state index in [1.807, 2.05) is 45.2 Å². The van der Waals surface area contributed by atoms with Crippen molar-refractivity contribution >= 4 is 28.2 Å². The molecule has 0 fully saturated rings. The van der Waals surface area contributed by atoms with Gasteiger partial charge in [-0.15, -0.1) is 4.72 Å². The number of carbonyl (C=O) groups is 1. The van der Waals surface area contributed by atoms with Crippen LogP contribution in [-0.4, -0.2) is 31.4 Å². The van der Waals surface area contributed by atoms with E-state index in [0.717, 1.165) is 16.5 Å². The number of aromatic nitrogens is 2. The molecule has 0 aliphatic rings. The zero-order chi connectivity index (χ0) is 30.6. The first-order valence-electron chi connectivity index (χ1n) is 13.9. The highest BCUT2D eigenvalue weighted by Gasteiger charge is 2.27. The van der Waals surface area contributed by atoms with Gasteiger partial charge < -0.3 is 18.6 Å². The smallest absolute Gasteiger partial charge is 0.310 e. The molecule has 0 amide bonds. The molecule has 0 aliphatic carbocycles. The predicted molar refractivity (Wildman–Crippen MR) is 161 cm³/mol. The topological polar surface area (TPSA) is 88.4 Å². The van der Waals surface area contributed by atoms with Crippen molar-refractivity contribution in [1.29, 1.82) is 0 Å². The Balaban J connectivity index is 1.71. The van der Waals surface area contributed by atoms with Gasteiger partial charge in [0.15, 0.2) is 5.82 Å². The van der Waals surface area contributed by atoms with E-state index in [1.165, 1.54) is 18.2 Å². The fourth-order valence-corrected chi connectivity index (χ4v) is 5.30. The third-order valence-electron chi connectivity index (χ3n) is 6.69. The maximum Gasteiger partial charge on any atom is 0.310 e. The van der Waals surface area contributed by atoms with Crippen LogP contribution in [0.1, 0.15) is 64.4 Å². The third-order valence-corrected chi connectivity index (χ3v) is 8.21. The fourth-order valence-electron chi connectivity index (χ4n) is 4.60. The summed E-state index contributed by atoms with van der Waals surface area (Å²) in [6.45, 7) is 11.7. The molecule has 2 aromatic heterocycles. The molecular weight excluding hydrogens is 560 g/mol. The molecule has 7 nitrogen and oxygen atoms in total. The lowest BCUT2D eigenvalue weighted by Crippen LogP contribution is -2.39. The quantitative estimate of drug-likeness (QED) is 0.151. The Kier molecular flexibility index (Phi) is 9.91. The van der Waals surface area contributed by atoms with Gasteiger partial charge in [0, 0.05) is 51.8 Å². The number of halogens is 2. The summed E-state index contributed by atoms with van der Waals surface area (Å²) < 4.78 is 58.0. The van der Waals surface area contributed by atoms with Crippen LogP contribution in [0.15, 0.2) is 54.9 Å². The number of benzene rings is 2. The maximum atomic E-state index is 15.9. The summed E-state index contributed by atoms with van der Waals surface area (Å²) >= 11 is -1.38. The van der Waals surface area contributed by atoms with E-state index in [-0.39, 0.29) is 37.9 Å². The number of rotatable bonds is 11. The molecule has 0 spiro atoms. The summed E-state index contributed by atoms with van der Waals surface area (Å²) in [6, 6.07) is 11.6. The highest BCUT2D eigenvalue weighted by molar-refractivity contribution is 7.90. The standard InChI is InChI=1S/C32H37F2N3O4S/c1-7-40-30(38)17-22-16-23(33)8-9-29(22)41-19-21-14-26(24-11-13-37(20(2)3)28(24)15-21)25-10-12-35-27(31(25)34)18-36-42(39)32(4,5)6/h8-16,20,36H,7,17-19H2,1-6H3. The van der Waals surface area contributed by atoms with Crippen LogP contribution in [0.3, 0.4) is 0 Å². The second-order valence-electron chi connectivity index (χ2n) is 11.2. The molecule has 0 saturated heterocycles. The largest absolute Gasteiger partial charge is 0.598 e. The summed E-state index contributed by atoms with van der Waals surface area (Å²) in [6.07, 6.45) is 3.39. The normalized spacial score (nSPS) is 12.6. The number of carbonyl (C=O) groups excluding carboxylic acids is 1. The van der Waals surface area contributed by atoms with E-state index < -0.39 is 33.7 Å². The first kappa shape index (κ1) is 31.5. The molecule has 1 N–H and O–H groups in total. The molecule has 2 aromatic carbocycles. The molecule has 1 atom stereocenters. The molecular formula is C32H37F2N3O4S. The average Bonchev–Trinajstić information content (AvgIpc) is 3.35. The molecule has 4 aromatic rings. The van der Waals surface area contributed by atoms with Crippen LogP contribution in [0, 0.1) is 11.6 Å². The number of hydrogen-bond acceptors (Lipinski definition) is 6. The van der Waals surface area contributed by atoms with Crippen LogP contribution in [0.25, 0.3) is 22.0 Å². The van der Waals surface area contributed by atoms with Gasteiger partial charge in [0.2, 0.25) is 0 Å². The number of ether oxygens (including phenoxy) is 2. The maximum absolute atomic E-state index is 15.9. The van der Waals surface area contributed by atoms with Gasteiger partial charge in [-0.2, -0.15) is 0 Å².